The Morgan fingerprint density at radius 3 is 2.46 bits per heavy atom. The lowest BCUT2D eigenvalue weighted by Gasteiger charge is -2.15. The number of thiocarbonyl (C=S) groups is 1. The maximum absolute atomic E-state index is 12.6. The molecule has 0 spiro atoms. The van der Waals surface area contributed by atoms with Crippen LogP contribution < -0.4 is 5.43 Å². The highest BCUT2D eigenvalue weighted by molar-refractivity contribution is 9.10. The molecule has 0 saturated carbocycles. The van der Waals surface area contributed by atoms with E-state index in [0.29, 0.717) is 14.8 Å². The first-order valence-corrected chi connectivity index (χ1v) is 9.93. The fourth-order valence-corrected chi connectivity index (χ4v) is 3.78. The van der Waals surface area contributed by atoms with E-state index >= 15 is 0 Å². The van der Waals surface area contributed by atoms with Crippen molar-refractivity contribution in [1.29, 1.82) is 0 Å². The number of rotatable bonds is 4. The summed E-state index contributed by atoms with van der Waals surface area (Å²) >= 11 is 9.74. The highest BCUT2D eigenvalue weighted by atomic mass is 79.9. The van der Waals surface area contributed by atoms with Crippen LogP contribution in [0.2, 0.25) is 0 Å². The Morgan fingerprint density at radius 1 is 1.19 bits per heavy atom. The normalized spacial score (nSPS) is 15.6. The molecule has 2 amide bonds. The second-order valence-corrected chi connectivity index (χ2v) is 8.15. The molecule has 132 valence electrons. The molecule has 4 nitrogen and oxygen atoms in total. The minimum absolute atomic E-state index is 0.303. The summed E-state index contributed by atoms with van der Waals surface area (Å²) in [7, 11) is 0. The molecule has 1 saturated heterocycles. The largest absolute Gasteiger partial charge is 0.285 e. The van der Waals surface area contributed by atoms with E-state index in [1.54, 1.807) is 30.3 Å². The standard InChI is InChI=1S/C19H15BrN2O2S2/c1-2-12-3-5-13(6-4-12)11-16-18(24)22(19(25)26-16)21-17(23)14-7-9-15(20)10-8-14/h3-11H,2H2,1H3,(H,21,23)/b16-11+. The summed E-state index contributed by atoms with van der Waals surface area (Å²) in [6.07, 6.45) is 2.75. The fraction of sp³-hybridized carbons (Fsp3) is 0.105. The zero-order chi connectivity index (χ0) is 18.7. The van der Waals surface area contributed by atoms with Crippen LogP contribution in [0.25, 0.3) is 6.08 Å². The molecule has 1 fully saturated rings. The summed E-state index contributed by atoms with van der Waals surface area (Å²) in [5.41, 5.74) is 5.17. The van der Waals surface area contributed by atoms with Crippen LogP contribution in [0.1, 0.15) is 28.4 Å². The van der Waals surface area contributed by atoms with E-state index in [-0.39, 0.29) is 11.8 Å². The Balaban J connectivity index is 1.74. The number of halogens is 1. The number of aryl methyl sites for hydroxylation is 1. The average Bonchev–Trinajstić information content (AvgIpc) is 2.90. The van der Waals surface area contributed by atoms with E-state index in [1.807, 2.05) is 24.3 Å². The Kier molecular flexibility index (Phi) is 5.90. The van der Waals surface area contributed by atoms with Gasteiger partial charge in [0, 0.05) is 10.0 Å². The molecule has 0 aliphatic carbocycles. The molecule has 1 heterocycles. The van der Waals surface area contributed by atoms with Crippen molar-refractivity contribution in [2.24, 2.45) is 0 Å². The van der Waals surface area contributed by atoms with Crippen molar-refractivity contribution in [2.45, 2.75) is 13.3 Å². The van der Waals surface area contributed by atoms with Crippen molar-refractivity contribution in [3.05, 3.63) is 74.6 Å². The smallest absolute Gasteiger partial charge is 0.267 e. The third-order valence-electron chi connectivity index (χ3n) is 3.80. The highest BCUT2D eigenvalue weighted by Crippen LogP contribution is 2.31. The lowest BCUT2D eigenvalue weighted by atomic mass is 10.1. The molecule has 0 aromatic heterocycles. The van der Waals surface area contributed by atoms with Gasteiger partial charge in [-0.3, -0.25) is 15.0 Å². The lowest BCUT2D eigenvalue weighted by Crippen LogP contribution is -2.44. The zero-order valence-electron chi connectivity index (χ0n) is 13.9. The monoisotopic (exact) mass is 446 g/mol. The maximum Gasteiger partial charge on any atom is 0.285 e. The number of carbonyl (C=O) groups is 2. The molecule has 0 atom stereocenters. The molecule has 0 bridgehead atoms. The Labute approximate surface area is 169 Å². The predicted octanol–water partition coefficient (Wildman–Crippen LogP) is 4.56. The van der Waals surface area contributed by atoms with Gasteiger partial charge >= 0.3 is 0 Å². The van der Waals surface area contributed by atoms with Gasteiger partial charge in [-0.15, -0.1) is 0 Å². The van der Waals surface area contributed by atoms with Gasteiger partial charge in [-0.25, -0.2) is 0 Å². The number of thioether (sulfide) groups is 1. The maximum atomic E-state index is 12.6. The van der Waals surface area contributed by atoms with Crippen LogP contribution in [0.5, 0.6) is 0 Å². The number of hydrazine groups is 1. The fourth-order valence-electron chi connectivity index (χ4n) is 2.33. The molecule has 26 heavy (non-hydrogen) atoms. The minimum atomic E-state index is -0.387. The van der Waals surface area contributed by atoms with Crippen LogP contribution in [0.4, 0.5) is 0 Å². The second-order valence-electron chi connectivity index (χ2n) is 5.56. The van der Waals surface area contributed by atoms with E-state index in [4.69, 9.17) is 12.2 Å². The molecule has 0 unspecified atom stereocenters. The third kappa shape index (κ3) is 4.23. The third-order valence-corrected chi connectivity index (χ3v) is 5.63. The van der Waals surface area contributed by atoms with Gasteiger partial charge in [-0.2, -0.15) is 5.01 Å². The van der Waals surface area contributed by atoms with Gasteiger partial charge in [0.05, 0.1) is 4.91 Å². The van der Waals surface area contributed by atoms with Crippen molar-refractivity contribution < 1.29 is 9.59 Å². The first kappa shape index (κ1) is 18.8. The van der Waals surface area contributed by atoms with Gasteiger partial charge in [-0.1, -0.05) is 58.9 Å². The van der Waals surface area contributed by atoms with Gasteiger partial charge < -0.3 is 0 Å². The number of nitrogens with one attached hydrogen (secondary N) is 1. The molecule has 0 radical (unpaired) electrons. The van der Waals surface area contributed by atoms with Crippen LogP contribution in [0.3, 0.4) is 0 Å². The summed E-state index contributed by atoms with van der Waals surface area (Å²) in [6.45, 7) is 2.09. The SMILES string of the molecule is CCc1ccc(/C=C2/SC(=S)N(NC(=O)c3ccc(Br)cc3)C2=O)cc1. The van der Waals surface area contributed by atoms with Gasteiger partial charge in [-0.05, 0) is 60.1 Å². The lowest BCUT2D eigenvalue weighted by molar-refractivity contribution is -0.123. The van der Waals surface area contributed by atoms with Crippen LogP contribution in [-0.2, 0) is 11.2 Å². The number of benzene rings is 2. The number of carbonyl (C=O) groups excluding carboxylic acids is 2. The Morgan fingerprint density at radius 2 is 1.85 bits per heavy atom. The first-order valence-electron chi connectivity index (χ1n) is 7.91. The number of nitrogens with zero attached hydrogens (tertiary/aromatic N) is 1. The van der Waals surface area contributed by atoms with Crippen molar-refractivity contribution >= 4 is 62.1 Å². The van der Waals surface area contributed by atoms with Gasteiger partial charge in [0.15, 0.2) is 4.32 Å². The van der Waals surface area contributed by atoms with Crippen molar-refractivity contribution in [1.82, 2.24) is 10.4 Å². The predicted molar refractivity (Wildman–Crippen MR) is 112 cm³/mol. The molecule has 1 aliphatic rings. The van der Waals surface area contributed by atoms with Crippen LogP contribution in [-0.4, -0.2) is 21.1 Å². The molecule has 1 aliphatic heterocycles. The first-order chi connectivity index (χ1) is 12.5. The molecule has 1 N–H and O–H groups in total. The molecule has 2 aromatic carbocycles. The van der Waals surface area contributed by atoms with Crippen molar-refractivity contribution in [2.75, 3.05) is 0 Å². The zero-order valence-corrected chi connectivity index (χ0v) is 17.1. The van der Waals surface area contributed by atoms with Gasteiger partial charge in [0.2, 0.25) is 0 Å². The van der Waals surface area contributed by atoms with Crippen LogP contribution >= 0.6 is 39.9 Å². The summed E-state index contributed by atoms with van der Waals surface area (Å²) in [6, 6.07) is 14.9. The highest BCUT2D eigenvalue weighted by Gasteiger charge is 2.33. The van der Waals surface area contributed by atoms with E-state index in [0.717, 1.165) is 21.5 Å². The molecule has 2 aromatic rings. The molecular formula is C19H15BrN2O2S2. The molecule has 3 rings (SSSR count). The van der Waals surface area contributed by atoms with E-state index in [1.165, 1.54) is 17.3 Å². The summed E-state index contributed by atoms with van der Waals surface area (Å²) in [5, 5.41) is 1.12. The second kappa shape index (κ2) is 8.16. The van der Waals surface area contributed by atoms with Crippen LogP contribution in [0.15, 0.2) is 57.9 Å². The number of hydrogen-bond donors (Lipinski definition) is 1. The topological polar surface area (TPSA) is 49.4 Å². The van der Waals surface area contributed by atoms with E-state index < -0.39 is 0 Å². The Bertz CT molecular complexity index is 893. The number of hydrogen-bond acceptors (Lipinski definition) is 4. The van der Waals surface area contributed by atoms with Gasteiger partial charge in [0.1, 0.15) is 0 Å². The van der Waals surface area contributed by atoms with Crippen molar-refractivity contribution in [3.63, 3.8) is 0 Å². The average molecular weight is 447 g/mol. The molecule has 7 heteroatoms. The minimum Gasteiger partial charge on any atom is -0.267 e. The van der Waals surface area contributed by atoms with Crippen molar-refractivity contribution in [3.8, 4) is 0 Å². The van der Waals surface area contributed by atoms with E-state index in [9.17, 15) is 9.59 Å². The van der Waals surface area contributed by atoms with Crippen LogP contribution in [0, 0.1) is 0 Å². The van der Waals surface area contributed by atoms with E-state index in [2.05, 4.69) is 28.3 Å². The summed E-state index contributed by atoms with van der Waals surface area (Å²) in [5.74, 6) is -0.715. The molecular weight excluding hydrogens is 432 g/mol. The van der Waals surface area contributed by atoms with Gasteiger partial charge in [0.25, 0.3) is 11.8 Å². The Hall–Kier alpha value is -1.96. The number of amides is 2. The summed E-state index contributed by atoms with van der Waals surface area (Å²) < 4.78 is 1.17. The summed E-state index contributed by atoms with van der Waals surface area (Å²) in [4.78, 5) is 25.4. The quantitative estimate of drug-likeness (QED) is 0.552.